The fourth-order valence-corrected chi connectivity index (χ4v) is 5.90. The van der Waals surface area contributed by atoms with Crippen LogP contribution in [0.5, 0.6) is 5.75 Å². The van der Waals surface area contributed by atoms with Gasteiger partial charge in [0, 0.05) is 34.3 Å². The molecule has 47 heavy (non-hydrogen) atoms. The molecule has 6 rings (SSSR count). The van der Waals surface area contributed by atoms with Gasteiger partial charge in [-0.1, -0.05) is 114 Å². The topological polar surface area (TPSA) is 49.2 Å². The Morgan fingerprint density at radius 3 is 1.96 bits per heavy atom. The third-order valence-electron chi connectivity index (χ3n) is 8.51. The first-order valence-corrected chi connectivity index (χ1v) is 16.3. The monoisotopic (exact) mass is 617 g/mol. The normalized spacial score (nSPS) is 11.8. The van der Waals surface area contributed by atoms with Crippen LogP contribution >= 0.6 is 0 Å². The lowest BCUT2D eigenvalue weighted by molar-refractivity contribution is 0.446. The maximum absolute atomic E-state index is 11.6. The van der Waals surface area contributed by atoms with E-state index >= 15 is 0 Å². The van der Waals surface area contributed by atoms with Crippen molar-refractivity contribution in [2.45, 2.75) is 58.8 Å². The van der Waals surface area contributed by atoms with Gasteiger partial charge in [-0.05, 0) is 88.5 Å². The molecule has 0 unspecified atom stereocenters. The van der Waals surface area contributed by atoms with Crippen LogP contribution in [0.25, 0.3) is 22.5 Å². The Morgan fingerprint density at radius 2 is 1.26 bits per heavy atom. The summed E-state index contributed by atoms with van der Waals surface area (Å²) in [7, 11) is 0. The smallest absolute Gasteiger partial charge is 0.137 e. The summed E-state index contributed by atoms with van der Waals surface area (Å²) in [6.07, 6.45) is 2.72. The van der Waals surface area contributed by atoms with Crippen molar-refractivity contribution in [2.24, 2.45) is 0 Å². The maximum atomic E-state index is 11.6. The van der Waals surface area contributed by atoms with Gasteiger partial charge in [0.25, 0.3) is 0 Å². The molecule has 0 saturated heterocycles. The van der Waals surface area contributed by atoms with Gasteiger partial charge in [-0.15, -0.1) is 0 Å². The quantitative estimate of drug-likeness (QED) is 0.194. The van der Waals surface area contributed by atoms with Crippen LogP contribution in [0.3, 0.4) is 0 Å². The first-order valence-electron chi connectivity index (χ1n) is 16.3. The molecule has 0 amide bonds. The molecule has 0 bridgehead atoms. The first-order chi connectivity index (χ1) is 22.5. The molecule has 0 aliphatic carbocycles. The van der Waals surface area contributed by atoms with Gasteiger partial charge in [0.15, 0.2) is 0 Å². The van der Waals surface area contributed by atoms with E-state index in [4.69, 9.17) is 9.97 Å². The fraction of sp³-hybridized carbons (Fsp3) is 0.209. The summed E-state index contributed by atoms with van der Waals surface area (Å²) in [6, 6.07) is 43.8. The van der Waals surface area contributed by atoms with E-state index < -0.39 is 0 Å². The predicted molar refractivity (Wildman–Crippen MR) is 196 cm³/mol. The number of phenolic OH excluding ortho intramolecular Hbond substituents is 1. The summed E-state index contributed by atoms with van der Waals surface area (Å²) in [5.74, 6) is 1.14. The van der Waals surface area contributed by atoms with Crippen LogP contribution < -0.4 is 4.90 Å². The number of aromatic nitrogens is 2. The van der Waals surface area contributed by atoms with Crippen molar-refractivity contribution in [3.63, 3.8) is 0 Å². The lowest BCUT2D eigenvalue weighted by Gasteiger charge is -2.27. The number of rotatable bonds is 7. The lowest BCUT2D eigenvalue weighted by atomic mass is 9.78. The summed E-state index contributed by atoms with van der Waals surface area (Å²) >= 11 is 0. The highest BCUT2D eigenvalue weighted by atomic mass is 16.3. The molecule has 2 heterocycles. The molecular formula is C43H43N3O. The molecule has 0 fully saturated rings. The Bertz CT molecular complexity index is 1990. The molecule has 0 aliphatic rings. The number of aromatic hydroxyl groups is 1. The van der Waals surface area contributed by atoms with Crippen molar-refractivity contribution in [1.29, 1.82) is 0 Å². The molecule has 236 valence electrons. The number of anilines is 3. The number of benzene rings is 4. The van der Waals surface area contributed by atoms with Crippen LogP contribution in [0.15, 0.2) is 134 Å². The van der Waals surface area contributed by atoms with E-state index in [1.165, 1.54) is 16.7 Å². The van der Waals surface area contributed by atoms with Gasteiger partial charge < -0.3 is 5.11 Å². The number of nitrogens with zero attached hydrogens (tertiary/aromatic N) is 3. The van der Waals surface area contributed by atoms with Crippen molar-refractivity contribution in [2.75, 3.05) is 4.90 Å². The number of para-hydroxylation sites is 1. The Labute approximate surface area is 279 Å². The molecule has 0 radical (unpaired) electrons. The highest BCUT2D eigenvalue weighted by Gasteiger charge is 2.26. The summed E-state index contributed by atoms with van der Waals surface area (Å²) in [5, 5.41) is 11.6. The zero-order chi connectivity index (χ0) is 33.2. The molecule has 2 aromatic heterocycles. The van der Waals surface area contributed by atoms with E-state index in [9.17, 15) is 5.11 Å². The second-order valence-electron chi connectivity index (χ2n) is 14.2. The van der Waals surface area contributed by atoms with Gasteiger partial charge >= 0.3 is 0 Å². The van der Waals surface area contributed by atoms with Gasteiger partial charge in [0.1, 0.15) is 11.6 Å². The number of hydrogen-bond acceptors (Lipinski definition) is 4. The molecule has 0 atom stereocenters. The van der Waals surface area contributed by atoms with Crippen LogP contribution in [-0.4, -0.2) is 15.1 Å². The molecule has 0 saturated carbocycles. The highest BCUT2D eigenvalue weighted by Crippen LogP contribution is 2.42. The molecule has 0 spiro atoms. The average Bonchev–Trinajstić information content (AvgIpc) is 3.05. The van der Waals surface area contributed by atoms with Crippen molar-refractivity contribution in [3.05, 3.63) is 156 Å². The van der Waals surface area contributed by atoms with Crippen molar-refractivity contribution >= 4 is 17.2 Å². The summed E-state index contributed by atoms with van der Waals surface area (Å²) < 4.78 is 0. The van der Waals surface area contributed by atoms with E-state index in [1.54, 1.807) is 0 Å². The average molecular weight is 618 g/mol. The Kier molecular flexibility index (Phi) is 8.70. The van der Waals surface area contributed by atoms with E-state index in [0.717, 1.165) is 51.7 Å². The molecule has 6 aromatic rings. The zero-order valence-corrected chi connectivity index (χ0v) is 28.2. The van der Waals surface area contributed by atoms with Gasteiger partial charge in [-0.25, -0.2) is 9.97 Å². The van der Waals surface area contributed by atoms with E-state index in [2.05, 4.69) is 144 Å². The summed E-state index contributed by atoms with van der Waals surface area (Å²) in [5.41, 5.74) is 9.57. The van der Waals surface area contributed by atoms with Crippen LogP contribution in [-0.2, 0) is 17.3 Å². The van der Waals surface area contributed by atoms with E-state index in [-0.39, 0.29) is 10.8 Å². The Balaban J connectivity index is 1.42. The van der Waals surface area contributed by atoms with Crippen LogP contribution in [0.2, 0.25) is 0 Å². The van der Waals surface area contributed by atoms with Gasteiger partial charge in [0.2, 0.25) is 0 Å². The molecular weight excluding hydrogens is 574 g/mol. The van der Waals surface area contributed by atoms with Gasteiger partial charge in [-0.3, -0.25) is 4.90 Å². The molecule has 1 N–H and O–H groups in total. The SMILES string of the molecule is CC(C)(C)c1cc(-c2cccc(-c3cccc(N(c4ccccc4)c4cc(Cc5ccccc5)ccn4)c3)n2)c(O)c(C(C)(C)C)c1. The number of hydrogen-bond donors (Lipinski definition) is 1. The van der Waals surface area contributed by atoms with Crippen molar-refractivity contribution < 1.29 is 5.11 Å². The van der Waals surface area contributed by atoms with Gasteiger partial charge in [-0.2, -0.15) is 0 Å². The Hall–Kier alpha value is -5.22. The minimum Gasteiger partial charge on any atom is -0.507 e. The van der Waals surface area contributed by atoms with Crippen LogP contribution in [0.1, 0.15) is 63.8 Å². The maximum Gasteiger partial charge on any atom is 0.137 e. The summed E-state index contributed by atoms with van der Waals surface area (Å²) in [6.45, 7) is 13.0. The Morgan fingerprint density at radius 1 is 0.596 bits per heavy atom. The van der Waals surface area contributed by atoms with E-state index in [1.807, 2.05) is 36.5 Å². The minimum absolute atomic E-state index is 0.0816. The summed E-state index contributed by atoms with van der Waals surface area (Å²) in [4.78, 5) is 12.2. The zero-order valence-electron chi connectivity index (χ0n) is 28.2. The van der Waals surface area contributed by atoms with Gasteiger partial charge in [0.05, 0.1) is 11.4 Å². The van der Waals surface area contributed by atoms with E-state index in [0.29, 0.717) is 5.75 Å². The molecule has 4 aromatic carbocycles. The largest absolute Gasteiger partial charge is 0.507 e. The van der Waals surface area contributed by atoms with Crippen molar-refractivity contribution in [1.82, 2.24) is 9.97 Å². The standard InChI is InChI=1S/C43H43N3O/c1-42(2,3)33-28-36(41(47)37(29-33)43(4,5)6)39-22-14-21-38(45-39)32-17-13-20-35(27-32)46(34-18-11-8-12-19-34)40-26-31(23-24-44-40)25-30-15-9-7-10-16-30/h7-24,26-29,47H,25H2,1-6H3. The lowest BCUT2D eigenvalue weighted by Crippen LogP contribution is -2.17. The second kappa shape index (κ2) is 12.9. The molecule has 4 heteroatoms. The predicted octanol–water partition coefficient (Wildman–Crippen LogP) is 11.2. The molecule has 0 aliphatic heterocycles. The molecule has 4 nitrogen and oxygen atoms in total. The third-order valence-corrected chi connectivity index (χ3v) is 8.51. The van der Waals surface area contributed by atoms with Crippen LogP contribution in [0, 0.1) is 0 Å². The van der Waals surface area contributed by atoms with Crippen molar-refractivity contribution in [3.8, 4) is 28.3 Å². The third kappa shape index (κ3) is 7.12. The number of phenols is 1. The van der Waals surface area contributed by atoms with Crippen LogP contribution in [0.4, 0.5) is 17.2 Å². The second-order valence-corrected chi connectivity index (χ2v) is 14.2. The number of pyridine rings is 2. The minimum atomic E-state index is -0.223. The highest BCUT2D eigenvalue weighted by molar-refractivity contribution is 5.79. The fourth-order valence-electron chi connectivity index (χ4n) is 5.90. The first kappa shape index (κ1) is 31.7.